The molecule has 6 heteroatoms. The van der Waals surface area contributed by atoms with Crippen LogP contribution in [0.3, 0.4) is 0 Å². The third-order valence-corrected chi connectivity index (χ3v) is 4.85. The number of benzene rings is 2. The highest BCUT2D eigenvalue weighted by molar-refractivity contribution is 6.30. The summed E-state index contributed by atoms with van der Waals surface area (Å²) < 4.78 is 11.1. The van der Waals surface area contributed by atoms with E-state index in [1.54, 1.807) is 48.5 Å². The van der Waals surface area contributed by atoms with Crippen molar-refractivity contribution in [1.82, 2.24) is 5.32 Å². The minimum absolute atomic E-state index is 0.206. The minimum Gasteiger partial charge on any atom is -0.379 e. The fraction of sp³-hybridized carbons (Fsp3) is 0.364. The van der Waals surface area contributed by atoms with E-state index in [0.717, 1.165) is 19.4 Å². The van der Waals surface area contributed by atoms with Crippen LogP contribution >= 0.6 is 11.6 Å². The van der Waals surface area contributed by atoms with Gasteiger partial charge in [0.2, 0.25) is 0 Å². The van der Waals surface area contributed by atoms with E-state index in [1.807, 2.05) is 0 Å². The second-order valence-electron chi connectivity index (χ2n) is 6.70. The molecule has 1 N–H and O–H groups in total. The van der Waals surface area contributed by atoms with Crippen LogP contribution in [0.15, 0.2) is 48.5 Å². The lowest BCUT2D eigenvalue weighted by Crippen LogP contribution is -2.27. The number of ether oxygens (including phenoxy) is 2. The first-order valence-corrected chi connectivity index (χ1v) is 9.90. The molecule has 2 aromatic carbocycles. The normalized spacial score (nSPS) is 16.1. The van der Waals surface area contributed by atoms with Gasteiger partial charge in [-0.15, -0.1) is 0 Å². The number of ketones is 1. The van der Waals surface area contributed by atoms with E-state index in [1.165, 1.54) is 0 Å². The Hall–Kier alpha value is -2.21. The smallest absolute Gasteiger partial charge is 0.252 e. The van der Waals surface area contributed by atoms with Gasteiger partial charge in [0.25, 0.3) is 5.91 Å². The van der Waals surface area contributed by atoms with Crippen LogP contribution in [-0.2, 0) is 9.47 Å². The first kappa shape index (κ1) is 20.5. The molecule has 1 atom stereocenters. The van der Waals surface area contributed by atoms with E-state index in [0.29, 0.717) is 47.9 Å². The Morgan fingerprint density at radius 2 is 1.86 bits per heavy atom. The Labute approximate surface area is 170 Å². The molecule has 1 aliphatic heterocycles. The summed E-state index contributed by atoms with van der Waals surface area (Å²) >= 11 is 5.88. The Morgan fingerprint density at radius 3 is 2.57 bits per heavy atom. The van der Waals surface area contributed by atoms with Crippen LogP contribution < -0.4 is 5.32 Å². The van der Waals surface area contributed by atoms with Crippen LogP contribution in [0.1, 0.15) is 45.5 Å². The lowest BCUT2D eigenvalue weighted by molar-refractivity contribution is 0.0166. The summed E-state index contributed by atoms with van der Waals surface area (Å²) in [6.07, 6.45) is 3.06. The van der Waals surface area contributed by atoms with Gasteiger partial charge in [-0.1, -0.05) is 29.8 Å². The molecule has 1 unspecified atom stereocenters. The average Bonchev–Trinajstić information content (AvgIpc) is 3.24. The minimum atomic E-state index is -0.267. The van der Waals surface area contributed by atoms with Crippen molar-refractivity contribution in [3.63, 3.8) is 0 Å². The molecule has 1 fully saturated rings. The number of hydrogen-bond acceptors (Lipinski definition) is 4. The molecule has 5 nitrogen and oxygen atoms in total. The van der Waals surface area contributed by atoms with E-state index < -0.39 is 0 Å². The molecule has 0 bridgehead atoms. The SMILES string of the molecule is O=C(NCCCOCC1CCCO1)c1ccccc1C(=O)c1ccc(Cl)cc1. The largest absolute Gasteiger partial charge is 0.379 e. The number of halogens is 1. The standard InChI is InChI=1S/C22H24ClNO4/c23-17-10-8-16(9-11-17)21(25)19-6-1-2-7-20(19)22(26)24-12-4-13-27-15-18-5-3-14-28-18/h1-2,6-11,18H,3-5,12-15H2,(H,24,26). The molecule has 0 aromatic heterocycles. The summed E-state index contributed by atoms with van der Waals surface area (Å²) in [5, 5.41) is 3.42. The summed E-state index contributed by atoms with van der Waals surface area (Å²) in [5.74, 6) is -0.473. The van der Waals surface area contributed by atoms with Gasteiger partial charge >= 0.3 is 0 Å². The van der Waals surface area contributed by atoms with E-state index in [-0.39, 0.29) is 17.8 Å². The summed E-state index contributed by atoms with van der Waals surface area (Å²) in [6, 6.07) is 13.5. The van der Waals surface area contributed by atoms with Crippen molar-refractivity contribution in [2.75, 3.05) is 26.4 Å². The number of carbonyl (C=O) groups is 2. The third kappa shape index (κ3) is 5.64. The summed E-state index contributed by atoms with van der Waals surface area (Å²) in [5.41, 5.74) is 1.23. The van der Waals surface area contributed by atoms with Gasteiger partial charge < -0.3 is 14.8 Å². The fourth-order valence-corrected chi connectivity index (χ4v) is 3.22. The maximum absolute atomic E-state index is 12.8. The topological polar surface area (TPSA) is 64.6 Å². The molecule has 0 radical (unpaired) electrons. The first-order chi connectivity index (χ1) is 13.6. The molecule has 148 valence electrons. The van der Waals surface area contributed by atoms with Gasteiger partial charge in [-0.3, -0.25) is 9.59 Å². The van der Waals surface area contributed by atoms with Crippen LogP contribution in [0.5, 0.6) is 0 Å². The lowest BCUT2D eigenvalue weighted by atomic mass is 9.98. The van der Waals surface area contributed by atoms with E-state index in [2.05, 4.69) is 5.32 Å². The van der Waals surface area contributed by atoms with Gasteiger partial charge in [-0.05, 0) is 49.6 Å². The van der Waals surface area contributed by atoms with Gasteiger partial charge in [0, 0.05) is 35.9 Å². The molecule has 3 rings (SSSR count). The summed E-state index contributed by atoms with van der Waals surface area (Å²) in [6.45, 7) is 2.46. The molecule has 2 aromatic rings. The maximum atomic E-state index is 12.8. The number of rotatable bonds is 9. The second kappa shape index (κ2) is 10.4. The Bertz CT molecular complexity index is 800. The highest BCUT2D eigenvalue weighted by atomic mass is 35.5. The van der Waals surface area contributed by atoms with E-state index in [9.17, 15) is 9.59 Å². The predicted octanol–water partition coefficient (Wildman–Crippen LogP) is 3.89. The average molecular weight is 402 g/mol. The van der Waals surface area contributed by atoms with Crippen LogP contribution in [-0.4, -0.2) is 44.2 Å². The zero-order chi connectivity index (χ0) is 19.8. The predicted molar refractivity (Wildman–Crippen MR) is 108 cm³/mol. The maximum Gasteiger partial charge on any atom is 0.252 e. The highest BCUT2D eigenvalue weighted by Crippen LogP contribution is 2.17. The number of amides is 1. The van der Waals surface area contributed by atoms with E-state index in [4.69, 9.17) is 21.1 Å². The fourth-order valence-electron chi connectivity index (χ4n) is 3.10. The van der Waals surface area contributed by atoms with Crippen molar-refractivity contribution in [3.05, 3.63) is 70.2 Å². The van der Waals surface area contributed by atoms with Gasteiger partial charge in [-0.2, -0.15) is 0 Å². The molecule has 28 heavy (non-hydrogen) atoms. The molecule has 1 saturated heterocycles. The molecule has 0 aliphatic carbocycles. The second-order valence-corrected chi connectivity index (χ2v) is 7.14. The summed E-state index contributed by atoms with van der Waals surface area (Å²) in [7, 11) is 0. The quantitative estimate of drug-likeness (QED) is 0.511. The Kier molecular flexibility index (Phi) is 7.60. The van der Waals surface area contributed by atoms with Gasteiger partial charge in [0.15, 0.2) is 5.78 Å². The molecule has 1 amide bonds. The number of nitrogens with one attached hydrogen (secondary N) is 1. The zero-order valence-electron chi connectivity index (χ0n) is 15.7. The van der Waals surface area contributed by atoms with Crippen molar-refractivity contribution < 1.29 is 19.1 Å². The molecule has 1 aliphatic rings. The Morgan fingerprint density at radius 1 is 1.11 bits per heavy atom. The zero-order valence-corrected chi connectivity index (χ0v) is 16.4. The monoisotopic (exact) mass is 401 g/mol. The lowest BCUT2D eigenvalue weighted by Gasteiger charge is -2.11. The molecule has 1 heterocycles. The molecular weight excluding hydrogens is 378 g/mol. The van der Waals surface area contributed by atoms with Crippen molar-refractivity contribution in [1.29, 1.82) is 0 Å². The van der Waals surface area contributed by atoms with Crippen molar-refractivity contribution in [3.8, 4) is 0 Å². The van der Waals surface area contributed by atoms with Gasteiger partial charge in [0.05, 0.1) is 18.3 Å². The van der Waals surface area contributed by atoms with Crippen LogP contribution in [0.25, 0.3) is 0 Å². The Balaban J connectivity index is 1.51. The van der Waals surface area contributed by atoms with Crippen LogP contribution in [0.4, 0.5) is 0 Å². The van der Waals surface area contributed by atoms with Crippen molar-refractivity contribution in [2.45, 2.75) is 25.4 Å². The number of carbonyl (C=O) groups excluding carboxylic acids is 2. The third-order valence-electron chi connectivity index (χ3n) is 4.60. The highest BCUT2D eigenvalue weighted by Gasteiger charge is 2.18. The van der Waals surface area contributed by atoms with E-state index >= 15 is 0 Å². The molecule has 0 saturated carbocycles. The van der Waals surface area contributed by atoms with Crippen molar-refractivity contribution >= 4 is 23.3 Å². The molecular formula is C22H24ClNO4. The van der Waals surface area contributed by atoms with Crippen LogP contribution in [0, 0.1) is 0 Å². The molecule has 0 spiro atoms. The summed E-state index contributed by atoms with van der Waals surface area (Å²) in [4.78, 5) is 25.3. The number of hydrogen-bond donors (Lipinski definition) is 1. The van der Waals surface area contributed by atoms with Gasteiger partial charge in [0.1, 0.15) is 0 Å². The first-order valence-electron chi connectivity index (χ1n) is 9.52. The van der Waals surface area contributed by atoms with Gasteiger partial charge in [-0.25, -0.2) is 0 Å². The van der Waals surface area contributed by atoms with Crippen LogP contribution in [0.2, 0.25) is 5.02 Å². The van der Waals surface area contributed by atoms with Crippen molar-refractivity contribution in [2.24, 2.45) is 0 Å².